The first-order chi connectivity index (χ1) is 19.4. The molecule has 1 atom stereocenters. The maximum Gasteiger partial charge on any atom is 0.573 e. The van der Waals surface area contributed by atoms with E-state index in [4.69, 9.17) is 11.6 Å². The fourth-order valence-electron chi connectivity index (χ4n) is 5.56. The molecule has 2 amide bonds. The maximum absolute atomic E-state index is 14.7. The highest BCUT2D eigenvalue weighted by Crippen LogP contribution is 2.46. The van der Waals surface area contributed by atoms with Crippen LogP contribution in [0.15, 0.2) is 60.7 Å². The number of hydrogen-bond donors (Lipinski definition) is 2. The predicted molar refractivity (Wildman–Crippen MR) is 139 cm³/mol. The van der Waals surface area contributed by atoms with Gasteiger partial charge < -0.3 is 20.1 Å². The van der Waals surface area contributed by atoms with Gasteiger partial charge in [0.15, 0.2) is 5.60 Å². The van der Waals surface area contributed by atoms with Crippen molar-refractivity contribution in [3.8, 4) is 5.75 Å². The summed E-state index contributed by atoms with van der Waals surface area (Å²) in [4.78, 5) is 27.8. The Morgan fingerprint density at radius 3 is 2.44 bits per heavy atom. The van der Waals surface area contributed by atoms with Gasteiger partial charge in [-0.1, -0.05) is 29.8 Å². The highest BCUT2D eigenvalue weighted by atomic mass is 35.5. The Kier molecular flexibility index (Phi) is 7.69. The number of carbonyl (C=O) groups excluding carboxylic acids is 2. The van der Waals surface area contributed by atoms with Gasteiger partial charge in [-0.05, 0) is 74.1 Å². The topological polar surface area (TPSA) is 78.9 Å². The van der Waals surface area contributed by atoms with Crippen LogP contribution in [-0.2, 0) is 10.4 Å². The molecule has 0 aromatic heterocycles. The Morgan fingerprint density at radius 2 is 1.73 bits per heavy atom. The van der Waals surface area contributed by atoms with Gasteiger partial charge in [-0.2, -0.15) is 0 Å². The van der Waals surface area contributed by atoms with Crippen molar-refractivity contribution in [1.82, 2.24) is 5.32 Å². The number of para-hydroxylation sites is 1. The third-order valence-corrected chi connectivity index (χ3v) is 7.73. The van der Waals surface area contributed by atoms with Crippen LogP contribution in [0.3, 0.4) is 0 Å². The summed E-state index contributed by atoms with van der Waals surface area (Å²) in [7, 11) is 0. The fraction of sp³-hybridized carbons (Fsp3) is 0.310. The standard InChI is InChI=1S/C29H24ClF5N2O4/c30-17-7-12-25(41-29(33,34)35)20(13-17)26(38)36-19-9-5-16(6-10-19)15-37-24-4-2-1-3-21(24)28(40,27(37)39)22-14-18(31)8-11-23(22)32/h1-4,7-8,11-14,16,19,40H,5-6,9-10,15H2,(H,36,38)/t16-,19-,28?. The first kappa shape index (κ1) is 28.8. The Hall–Kier alpha value is -3.70. The van der Waals surface area contributed by atoms with E-state index in [0.29, 0.717) is 31.4 Å². The quantitative estimate of drug-likeness (QED) is 0.339. The van der Waals surface area contributed by atoms with Crippen LogP contribution in [0.25, 0.3) is 0 Å². The molecule has 41 heavy (non-hydrogen) atoms. The third kappa shape index (κ3) is 5.73. The molecule has 1 unspecified atom stereocenters. The van der Waals surface area contributed by atoms with E-state index in [2.05, 4.69) is 10.1 Å². The minimum Gasteiger partial charge on any atom is -0.405 e. The number of aliphatic hydroxyl groups is 1. The van der Waals surface area contributed by atoms with Crippen molar-refractivity contribution < 1.29 is 41.4 Å². The smallest absolute Gasteiger partial charge is 0.405 e. The lowest BCUT2D eigenvalue weighted by Crippen LogP contribution is -2.45. The first-order valence-electron chi connectivity index (χ1n) is 12.8. The number of alkyl halides is 3. The number of rotatable bonds is 6. The molecule has 1 heterocycles. The fourth-order valence-corrected chi connectivity index (χ4v) is 5.73. The molecule has 0 saturated heterocycles. The van der Waals surface area contributed by atoms with Gasteiger partial charge in [0.2, 0.25) is 0 Å². The molecule has 6 nitrogen and oxygen atoms in total. The van der Waals surface area contributed by atoms with Crippen molar-refractivity contribution in [2.45, 2.75) is 43.7 Å². The number of ether oxygens (including phenoxy) is 1. The molecule has 0 bridgehead atoms. The van der Waals surface area contributed by atoms with Gasteiger partial charge in [-0.3, -0.25) is 9.59 Å². The van der Waals surface area contributed by atoms with Crippen molar-refractivity contribution in [2.24, 2.45) is 5.92 Å². The highest BCUT2D eigenvalue weighted by Gasteiger charge is 2.52. The van der Waals surface area contributed by atoms with Crippen LogP contribution in [0.2, 0.25) is 5.02 Å². The zero-order valence-corrected chi connectivity index (χ0v) is 22.1. The highest BCUT2D eigenvalue weighted by molar-refractivity contribution is 6.31. The van der Waals surface area contributed by atoms with Gasteiger partial charge in [-0.15, -0.1) is 13.2 Å². The number of anilines is 1. The molecule has 0 radical (unpaired) electrons. The zero-order valence-electron chi connectivity index (χ0n) is 21.4. The summed E-state index contributed by atoms with van der Waals surface area (Å²) in [6.07, 6.45) is -2.95. The molecule has 216 valence electrons. The second kappa shape index (κ2) is 10.9. The Bertz CT molecular complexity index is 1490. The molecule has 3 aromatic carbocycles. The van der Waals surface area contributed by atoms with Gasteiger partial charge in [0.05, 0.1) is 11.3 Å². The van der Waals surface area contributed by atoms with Crippen LogP contribution >= 0.6 is 11.6 Å². The third-order valence-electron chi connectivity index (χ3n) is 7.49. The lowest BCUT2D eigenvalue weighted by molar-refractivity contribution is -0.274. The van der Waals surface area contributed by atoms with E-state index < -0.39 is 46.7 Å². The molecule has 1 aliphatic heterocycles. The molecule has 1 fully saturated rings. The number of carbonyl (C=O) groups is 2. The molecule has 1 saturated carbocycles. The number of benzene rings is 3. The van der Waals surface area contributed by atoms with E-state index in [9.17, 15) is 36.6 Å². The number of halogens is 6. The van der Waals surface area contributed by atoms with Gasteiger partial charge >= 0.3 is 6.36 Å². The molecule has 5 rings (SSSR count). The van der Waals surface area contributed by atoms with Crippen LogP contribution < -0.4 is 15.0 Å². The van der Waals surface area contributed by atoms with E-state index in [1.165, 1.54) is 17.0 Å². The summed E-state index contributed by atoms with van der Waals surface area (Å²) in [5.74, 6) is -4.00. The maximum atomic E-state index is 14.7. The molecule has 2 aliphatic rings. The SMILES string of the molecule is O=C(N[C@H]1CC[C@H](CN2C(=O)C(O)(c3cc(F)ccc3F)c3ccccc32)CC1)c1cc(Cl)ccc1OC(F)(F)F. The van der Waals surface area contributed by atoms with Crippen LogP contribution in [0.5, 0.6) is 5.75 Å². The molecular formula is C29H24ClF5N2O4. The van der Waals surface area contributed by atoms with Crippen LogP contribution in [0.1, 0.15) is 47.2 Å². The monoisotopic (exact) mass is 594 g/mol. The van der Waals surface area contributed by atoms with E-state index in [1.807, 2.05) is 0 Å². The average Bonchev–Trinajstić information content (AvgIpc) is 3.14. The summed E-state index contributed by atoms with van der Waals surface area (Å²) >= 11 is 5.89. The van der Waals surface area contributed by atoms with Gasteiger partial charge in [0.1, 0.15) is 17.4 Å². The Labute approximate surface area is 236 Å². The van der Waals surface area contributed by atoms with Crippen LogP contribution in [-0.4, -0.2) is 35.9 Å². The normalized spacial score (nSPS) is 22.4. The molecule has 2 N–H and O–H groups in total. The van der Waals surface area contributed by atoms with E-state index in [1.54, 1.807) is 18.2 Å². The summed E-state index contributed by atoms with van der Waals surface area (Å²) < 4.78 is 71.1. The summed E-state index contributed by atoms with van der Waals surface area (Å²) in [5.41, 5.74) is -2.69. The van der Waals surface area contributed by atoms with E-state index in [-0.39, 0.29) is 34.7 Å². The molecule has 12 heteroatoms. The van der Waals surface area contributed by atoms with Crippen LogP contribution in [0, 0.1) is 17.6 Å². The minimum atomic E-state index is -4.99. The minimum absolute atomic E-state index is 0.0600. The van der Waals surface area contributed by atoms with Gasteiger partial charge in [0.25, 0.3) is 11.8 Å². The number of hydrogen-bond acceptors (Lipinski definition) is 4. The summed E-state index contributed by atoms with van der Waals surface area (Å²) in [6.45, 7) is 0.188. The molecule has 3 aromatic rings. The average molecular weight is 595 g/mol. The van der Waals surface area contributed by atoms with Gasteiger partial charge in [0, 0.05) is 28.7 Å². The van der Waals surface area contributed by atoms with Crippen LogP contribution in [0.4, 0.5) is 27.6 Å². The lowest BCUT2D eigenvalue weighted by Gasteiger charge is -2.32. The van der Waals surface area contributed by atoms with E-state index >= 15 is 0 Å². The first-order valence-corrected chi connectivity index (χ1v) is 13.2. The zero-order chi connectivity index (χ0) is 29.5. The second-order valence-electron chi connectivity index (χ2n) is 10.1. The second-order valence-corrected chi connectivity index (χ2v) is 10.6. The van der Waals surface area contributed by atoms with Crippen molar-refractivity contribution >= 4 is 29.1 Å². The van der Waals surface area contributed by atoms with Gasteiger partial charge in [-0.25, -0.2) is 8.78 Å². The number of nitrogens with zero attached hydrogens (tertiary/aromatic N) is 1. The molecular weight excluding hydrogens is 571 g/mol. The van der Waals surface area contributed by atoms with Crippen molar-refractivity contribution in [1.29, 1.82) is 0 Å². The number of amides is 2. The Morgan fingerprint density at radius 1 is 1.02 bits per heavy atom. The van der Waals surface area contributed by atoms with Crippen molar-refractivity contribution in [3.05, 3.63) is 94.0 Å². The molecule has 1 aliphatic carbocycles. The predicted octanol–water partition coefficient (Wildman–Crippen LogP) is 6.09. The summed E-state index contributed by atoms with van der Waals surface area (Å²) in [5, 5.41) is 14.3. The Balaban J connectivity index is 1.27. The van der Waals surface area contributed by atoms with Crippen molar-refractivity contribution in [2.75, 3.05) is 11.4 Å². The van der Waals surface area contributed by atoms with E-state index in [0.717, 1.165) is 30.3 Å². The summed E-state index contributed by atoms with van der Waals surface area (Å²) in [6, 6.07) is 11.9. The lowest BCUT2D eigenvalue weighted by atomic mass is 9.85. The molecule has 0 spiro atoms. The largest absolute Gasteiger partial charge is 0.573 e. The van der Waals surface area contributed by atoms with Crippen molar-refractivity contribution in [3.63, 3.8) is 0 Å². The number of fused-ring (bicyclic) bond motifs is 1. The number of nitrogens with one attached hydrogen (secondary N) is 1.